The van der Waals surface area contributed by atoms with E-state index in [-0.39, 0.29) is 5.97 Å². The number of hydrogen-bond donors (Lipinski definition) is 0. The zero-order valence-corrected chi connectivity index (χ0v) is 17.2. The lowest BCUT2D eigenvalue weighted by Gasteiger charge is -2.14. The lowest BCUT2D eigenvalue weighted by molar-refractivity contribution is -0.144. The maximum absolute atomic E-state index is 11.8. The van der Waals surface area contributed by atoms with Gasteiger partial charge >= 0.3 is 5.97 Å². The van der Waals surface area contributed by atoms with E-state index in [0.29, 0.717) is 18.9 Å². The maximum Gasteiger partial charge on any atom is 0.306 e. The van der Waals surface area contributed by atoms with E-state index in [4.69, 9.17) is 9.47 Å². The Morgan fingerprint density at radius 2 is 2.13 bits per heavy atom. The Morgan fingerprint density at radius 3 is 2.74 bits per heavy atom. The molecule has 1 atom stereocenters. The van der Waals surface area contributed by atoms with Gasteiger partial charge in [0.25, 0.3) is 0 Å². The van der Waals surface area contributed by atoms with Crippen LogP contribution in [-0.4, -0.2) is 25.4 Å². The largest absolute Gasteiger partial charge is 0.496 e. The van der Waals surface area contributed by atoms with E-state index in [1.165, 1.54) is 12.8 Å². The number of ether oxygens (including phenoxy) is 2. The lowest BCUT2D eigenvalue weighted by Crippen LogP contribution is -2.14. The number of esters is 1. The summed E-state index contributed by atoms with van der Waals surface area (Å²) in [5, 5.41) is 0. The molecule has 1 unspecified atom stereocenters. The zero-order valence-electron chi connectivity index (χ0n) is 14.3. The molecule has 0 aliphatic carbocycles. The van der Waals surface area contributed by atoms with Crippen LogP contribution in [0.5, 0.6) is 5.75 Å². The van der Waals surface area contributed by atoms with Gasteiger partial charge in [-0.15, -0.1) is 11.8 Å². The SMILES string of the molecule is CCCCC(CC)COC(=O)CCSc1ccc(OC)c(I)c1. The first-order chi connectivity index (χ1) is 11.1. The molecule has 0 aromatic heterocycles. The van der Waals surface area contributed by atoms with Gasteiger partial charge in [-0.3, -0.25) is 4.79 Å². The summed E-state index contributed by atoms with van der Waals surface area (Å²) in [4.78, 5) is 13.0. The van der Waals surface area contributed by atoms with Crippen molar-refractivity contribution in [2.24, 2.45) is 5.92 Å². The lowest BCUT2D eigenvalue weighted by atomic mass is 10.0. The minimum Gasteiger partial charge on any atom is -0.496 e. The predicted molar refractivity (Wildman–Crippen MR) is 105 cm³/mol. The van der Waals surface area contributed by atoms with Crippen molar-refractivity contribution >= 4 is 40.3 Å². The molecule has 0 aliphatic heterocycles. The number of carbonyl (C=O) groups excluding carboxylic acids is 1. The molecule has 0 radical (unpaired) electrons. The summed E-state index contributed by atoms with van der Waals surface area (Å²) in [6, 6.07) is 6.06. The summed E-state index contributed by atoms with van der Waals surface area (Å²) in [7, 11) is 1.67. The van der Waals surface area contributed by atoms with Gasteiger partial charge in [-0.05, 0) is 53.1 Å². The number of carbonyl (C=O) groups is 1. The summed E-state index contributed by atoms with van der Waals surface area (Å²) in [5.41, 5.74) is 0. The van der Waals surface area contributed by atoms with Crippen LogP contribution in [0.2, 0.25) is 0 Å². The third-order valence-electron chi connectivity index (χ3n) is 3.72. The summed E-state index contributed by atoms with van der Waals surface area (Å²) in [6.07, 6.45) is 5.09. The number of rotatable bonds is 11. The first kappa shape index (κ1) is 20.6. The Labute approximate surface area is 158 Å². The van der Waals surface area contributed by atoms with Crippen molar-refractivity contribution < 1.29 is 14.3 Å². The van der Waals surface area contributed by atoms with Crippen LogP contribution < -0.4 is 4.74 Å². The average Bonchev–Trinajstić information content (AvgIpc) is 2.55. The Bertz CT molecular complexity index is 479. The van der Waals surface area contributed by atoms with Gasteiger partial charge in [-0.25, -0.2) is 0 Å². The molecule has 0 heterocycles. The Morgan fingerprint density at radius 1 is 1.35 bits per heavy atom. The average molecular weight is 450 g/mol. The van der Waals surface area contributed by atoms with Gasteiger partial charge in [0.1, 0.15) is 5.75 Å². The normalized spacial score (nSPS) is 12.0. The maximum atomic E-state index is 11.8. The molecule has 5 heteroatoms. The highest BCUT2D eigenvalue weighted by molar-refractivity contribution is 14.1. The van der Waals surface area contributed by atoms with Crippen molar-refractivity contribution in [3.05, 3.63) is 21.8 Å². The fourth-order valence-corrected chi connectivity index (χ4v) is 3.99. The van der Waals surface area contributed by atoms with Gasteiger partial charge in [-0.1, -0.05) is 33.1 Å². The molecule has 0 aliphatic rings. The Hall–Kier alpha value is -0.430. The minimum absolute atomic E-state index is 0.0874. The third-order valence-corrected chi connectivity index (χ3v) is 5.56. The van der Waals surface area contributed by atoms with Crippen LogP contribution in [0, 0.1) is 9.49 Å². The van der Waals surface area contributed by atoms with Crippen molar-refractivity contribution in [2.75, 3.05) is 19.5 Å². The van der Waals surface area contributed by atoms with Crippen LogP contribution in [-0.2, 0) is 9.53 Å². The molecular weight excluding hydrogens is 423 g/mol. The van der Waals surface area contributed by atoms with Gasteiger partial charge in [0.2, 0.25) is 0 Å². The van der Waals surface area contributed by atoms with E-state index >= 15 is 0 Å². The van der Waals surface area contributed by atoms with Gasteiger partial charge < -0.3 is 9.47 Å². The van der Waals surface area contributed by atoms with E-state index in [1.54, 1.807) is 18.9 Å². The molecule has 1 rings (SSSR count). The Balaban J connectivity index is 2.27. The van der Waals surface area contributed by atoms with Crippen LogP contribution >= 0.6 is 34.4 Å². The second-order valence-electron chi connectivity index (χ2n) is 5.49. The molecule has 1 aromatic rings. The first-order valence-corrected chi connectivity index (χ1v) is 10.3. The van der Waals surface area contributed by atoms with Crippen LogP contribution in [0.1, 0.15) is 46.0 Å². The van der Waals surface area contributed by atoms with E-state index < -0.39 is 0 Å². The first-order valence-electron chi connectivity index (χ1n) is 8.22. The molecule has 3 nitrogen and oxygen atoms in total. The second kappa shape index (κ2) is 12.0. The molecule has 1 aromatic carbocycles. The van der Waals surface area contributed by atoms with Crippen LogP contribution in [0.3, 0.4) is 0 Å². The third kappa shape index (κ3) is 8.29. The van der Waals surface area contributed by atoms with Gasteiger partial charge in [-0.2, -0.15) is 0 Å². The van der Waals surface area contributed by atoms with Crippen molar-refractivity contribution in [1.82, 2.24) is 0 Å². The quantitative estimate of drug-likeness (QED) is 0.252. The monoisotopic (exact) mass is 450 g/mol. The number of halogens is 1. The van der Waals surface area contributed by atoms with Crippen LogP contribution in [0.4, 0.5) is 0 Å². The number of thioether (sulfide) groups is 1. The van der Waals surface area contributed by atoms with Crippen LogP contribution in [0.25, 0.3) is 0 Å². The molecule has 23 heavy (non-hydrogen) atoms. The van der Waals surface area contributed by atoms with Crippen molar-refractivity contribution in [3.63, 3.8) is 0 Å². The molecule has 0 fully saturated rings. The highest BCUT2D eigenvalue weighted by Crippen LogP contribution is 2.27. The van der Waals surface area contributed by atoms with Crippen molar-refractivity contribution in [2.45, 2.75) is 50.8 Å². The molecule has 0 bridgehead atoms. The topological polar surface area (TPSA) is 35.5 Å². The molecular formula is C18H27IO3S. The van der Waals surface area contributed by atoms with Crippen LogP contribution in [0.15, 0.2) is 23.1 Å². The standard InChI is InChI=1S/C18H27IO3S/c1-4-6-7-14(5-2)13-22-18(20)10-11-23-15-8-9-17(21-3)16(19)12-15/h8-9,12,14H,4-7,10-11,13H2,1-3H3. The molecule has 0 saturated carbocycles. The van der Waals surface area contributed by atoms with E-state index in [1.807, 2.05) is 12.1 Å². The fraction of sp³-hybridized carbons (Fsp3) is 0.611. The van der Waals surface area contributed by atoms with Crippen molar-refractivity contribution in [3.8, 4) is 5.75 Å². The molecule has 0 saturated heterocycles. The van der Waals surface area contributed by atoms with E-state index in [9.17, 15) is 4.79 Å². The molecule has 0 N–H and O–H groups in total. The van der Waals surface area contributed by atoms with Gasteiger partial charge in [0.05, 0.1) is 23.7 Å². The van der Waals surface area contributed by atoms with E-state index in [2.05, 4.69) is 42.5 Å². The number of methoxy groups -OCH3 is 1. The predicted octanol–water partition coefficient (Wildman–Crippen LogP) is 5.54. The minimum atomic E-state index is -0.0874. The summed E-state index contributed by atoms with van der Waals surface area (Å²) < 4.78 is 11.7. The van der Waals surface area contributed by atoms with Crippen molar-refractivity contribution in [1.29, 1.82) is 0 Å². The molecule has 0 amide bonds. The second-order valence-corrected chi connectivity index (χ2v) is 7.82. The fourth-order valence-electron chi connectivity index (χ4n) is 2.17. The molecule has 130 valence electrons. The zero-order chi connectivity index (χ0) is 17.1. The number of benzene rings is 1. The summed E-state index contributed by atoms with van der Waals surface area (Å²) >= 11 is 3.93. The highest BCUT2D eigenvalue weighted by atomic mass is 127. The van der Waals surface area contributed by atoms with Gasteiger partial charge in [0, 0.05) is 10.6 Å². The van der Waals surface area contributed by atoms with E-state index in [0.717, 1.165) is 32.8 Å². The summed E-state index contributed by atoms with van der Waals surface area (Å²) in [6.45, 7) is 4.92. The number of unbranched alkanes of at least 4 members (excludes halogenated alkanes) is 1. The number of hydrogen-bond acceptors (Lipinski definition) is 4. The summed E-state index contributed by atoms with van der Waals surface area (Å²) in [5.74, 6) is 2.05. The Kier molecular flexibility index (Phi) is 10.8. The molecule has 0 spiro atoms. The highest BCUT2D eigenvalue weighted by Gasteiger charge is 2.10. The van der Waals surface area contributed by atoms with Gasteiger partial charge in [0.15, 0.2) is 0 Å². The smallest absolute Gasteiger partial charge is 0.306 e.